The van der Waals surface area contributed by atoms with Crippen LogP contribution in [0, 0.1) is 10.8 Å². The van der Waals surface area contributed by atoms with Crippen LogP contribution in [0.3, 0.4) is 0 Å². The van der Waals surface area contributed by atoms with Gasteiger partial charge in [-0.1, -0.05) is 12.1 Å². The standard InChI is InChI=1S/C17H18N2O6S/c1-10(20)18-11-4-2-3-5-12(11)26-6-13(21)19-8-16(14(22)23)7-17(16,9-19)15(24)25/h2-5H,6-9H2,1H3,(H,18,20)(H,22,23)(H,24,25)/t16-,17+. The van der Waals surface area contributed by atoms with E-state index in [-0.39, 0.29) is 37.1 Å². The molecule has 1 saturated heterocycles. The van der Waals surface area contributed by atoms with E-state index in [4.69, 9.17) is 0 Å². The second-order valence-electron chi connectivity index (χ2n) is 6.67. The van der Waals surface area contributed by atoms with Crippen molar-refractivity contribution in [2.45, 2.75) is 18.2 Å². The fraction of sp³-hybridized carbons (Fsp3) is 0.412. The number of rotatable bonds is 6. The van der Waals surface area contributed by atoms with Crippen molar-refractivity contribution >= 4 is 41.2 Å². The predicted octanol–water partition coefficient (Wildman–Crippen LogP) is 1.12. The maximum atomic E-state index is 12.5. The van der Waals surface area contributed by atoms with Gasteiger partial charge in [0.25, 0.3) is 0 Å². The minimum atomic E-state index is -1.37. The number of likely N-dealkylation sites (tertiary alicyclic amines) is 1. The Morgan fingerprint density at radius 3 is 2.23 bits per heavy atom. The molecule has 1 aliphatic carbocycles. The zero-order valence-corrected chi connectivity index (χ0v) is 14.8. The van der Waals surface area contributed by atoms with Gasteiger partial charge in [0.15, 0.2) is 0 Å². The van der Waals surface area contributed by atoms with Crippen molar-refractivity contribution in [3.63, 3.8) is 0 Å². The second-order valence-corrected chi connectivity index (χ2v) is 7.68. The van der Waals surface area contributed by atoms with Crippen LogP contribution in [0.4, 0.5) is 5.69 Å². The van der Waals surface area contributed by atoms with E-state index in [1.165, 1.54) is 23.6 Å². The first kappa shape index (κ1) is 18.2. The van der Waals surface area contributed by atoms with Crippen molar-refractivity contribution in [2.24, 2.45) is 10.8 Å². The zero-order valence-electron chi connectivity index (χ0n) is 14.0. The Balaban J connectivity index is 1.67. The number of nitrogens with one attached hydrogen (secondary N) is 1. The van der Waals surface area contributed by atoms with Crippen molar-refractivity contribution in [3.05, 3.63) is 24.3 Å². The number of piperidine rings is 1. The molecular formula is C17H18N2O6S. The van der Waals surface area contributed by atoms with Gasteiger partial charge in [0.2, 0.25) is 11.8 Å². The van der Waals surface area contributed by atoms with E-state index in [0.717, 1.165) is 0 Å². The lowest BCUT2D eigenvalue weighted by atomic mass is 9.97. The van der Waals surface area contributed by atoms with E-state index >= 15 is 0 Å². The average Bonchev–Trinajstić information content (AvgIpc) is 3.11. The Morgan fingerprint density at radius 1 is 1.12 bits per heavy atom. The molecule has 1 aromatic rings. The Hall–Kier alpha value is -2.55. The summed E-state index contributed by atoms with van der Waals surface area (Å²) in [5, 5.41) is 21.5. The fourth-order valence-corrected chi connectivity index (χ4v) is 4.49. The molecule has 1 aromatic carbocycles. The molecular weight excluding hydrogens is 360 g/mol. The first-order valence-corrected chi connectivity index (χ1v) is 8.94. The van der Waals surface area contributed by atoms with Crippen LogP contribution in [0.15, 0.2) is 29.2 Å². The number of para-hydroxylation sites is 1. The van der Waals surface area contributed by atoms with E-state index in [1.54, 1.807) is 24.3 Å². The first-order valence-electron chi connectivity index (χ1n) is 7.96. The van der Waals surface area contributed by atoms with Crippen molar-refractivity contribution in [1.82, 2.24) is 4.90 Å². The largest absolute Gasteiger partial charge is 0.481 e. The van der Waals surface area contributed by atoms with Crippen molar-refractivity contribution < 1.29 is 29.4 Å². The highest BCUT2D eigenvalue weighted by atomic mass is 32.2. The third-order valence-corrected chi connectivity index (χ3v) is 6.09. The summed E-state index contributed by atoms with van der Waals surface area (Å²) >= 11 is 1.21. The van der Waals surface area contributed by atoms with E-state index in [0.29, 0.717) is 10.6 Å². The molecule has 0 unspecified atom stereocenters. The van der Waals surface area contributed by atoms with E-state index in [1.807, 2.05) is 0 Å². The van der Waals surface area contributed by atoms with Crippen molar-refractivity contribution in [1.29, 1.82) is 0 Å². The van der Waals surface area contributed by atoms with Crippen LogP contribution in [-0.4, -0.2) is 57.7 Å². The Kier molecular flexibility index (Phi) is 4.43. The highest BCUT2D eigenvalue weighted by Gasteiger charge is 2.81. The molecule has 2 atom stereocenters. The summed E-state index contributed by atoms with van der Waals surface area (Å²) in [6, 6.07) is 7.03. The molecule has 0 spiro atoms. The van der Waals surface area contributed by atoms with Gasteiger partial charge in [-0.3, -0.25) is 19.2 Å². The minimum absolute atomic E-state index is 0.0298. The van der Waals surface area contributed by atoms with Gasteiger partial charge in [0.05, 0.1) is 11.4 Å². The molecule has 1 saturated carbocycles. The number of fused-ring (bicyclic) bond motifs is 1. The number of nitrogens with zero attached hydrogens (tertiary/aromatic N) is 1. The third kappa shape index (κ3) is 2.82. The maximum Gasteiger partial charge on any atom is 0.312 e. The molecule has 0 radical (unpaired) electrons. The summed E-state index contributed by atoms with van der Waals surface area (Å²) in [6.07, 6.45) is 0.0625. The van der Waals surface area contributed by atoms with Gasteiger partial charge in [-0.15, -0.1) is 11.8 Å². The van der Waals surface area contributed by atoms with Crippen LogP contribution < -0.4 is 5.32 Å². The van der Waals surface area contributed by atoms with Crippen molar-refractivity contribution in [2.75, 3.05) is 24.2 Å². The number of carboxylic acids is 2. The van der Waals surface area contributed by atoms with Crippen LogP contribution in [-0.2, 0) is 19.2 Å². The smallest absolute Gasteiger partial charge is 0.312 e. The lowest BCUT2D eigenvalue weighted by Gasteiger charge is -2.20. The number of hydrogen-bond donors (Lipinski definition) is 3. The number of carboxylic acid groups (broad SMARTS) is 2. The third-order valence-electron chi connectivity index (χ3n) is 5.04. The van der Waals surface area contributed by atoms with Gasteiger partial charge in [-0.25, -0.2) is 0 Å². The molecule has 2 fully saturated rings. The number of aliphatic carboxylic acids is 2. The molecule has 2 amide bonds. The number of thioether (sulfide) groups is 1. The summed E-state index contributed by atoms with van der Waals surface area (Å²) in [5.74, 6) is -2.85. The SMILES string of the molecule is CC(=O)Nc1ccccc1SCC(=O)N1C[C@@]2(C(=O)O)C[C@@]2(C(=O)O)C1. The molecule has 2 aliphatic rings. The summed E-state index contributed by atoms with van der Waals surface area (Å²) in [5.41, 5.74) is -2.15. The quantitative estimate of drug-likeness (QED) is 0.634. The molecule has 3 N–H and O–H groups in total. The van der Waals surface area contributed by atoms with Gasteiger partial charge < -0.3 is 20.4 Å². The lowest BCUT2D eigenvalue weighted by molar-refractivity contribution is -0.151. The molecule has 3 rings (SSSR count). The van der Waals surface area contributed by atoms with E-state index in [9.17, 15) is 29.4 Å². The number of carbonyl (C=O) groups excluding carboxylic acids is 2. The van der Waals surface area contributed by atoms with E-state index < -0.39 is 22.8 Å². The van der Waals surface area contributed by atoms with Crippen LogP contribution in [0.1, 0.15) is 13.3 Å². The molecule has 9 heteroatoms. The normalized spacial score (nSPS) is 26.1. The monoisotopic (exact) mass is 378 g/mol. The molecule has 0 aromatic heterocycles. The fourth-order valence-electron chi connectivity index (χ4n) is 3.58. The van der Waals surface area contributed by atoms with E-state index in [2.05, 4.69) is 5.32 Å². The Labute approximate surface area is 153 Å². The van der Waals surface area contributed by atoms with Crippen LogP contribution >= 0.6 is 11.8 Å². The Bertz CT molecular complexity index is 784. The van der Waals surface area contributed by atoms with Gasteiger partial charge in [0.1, 0.15) is 10.8 Å². The highest BCUT2D eigenvalue weighted by molar-refractivity contribution is 8.00. The molecule has 1 heterocycles. The number of benzene rings is 1. The topological polar surface area (TPSA) is 124 Å². The van der Waals surface area contributed by atoms with Crippen molar-refractivity contribution in [3.8, 4) is 0 Å². The van der Waals surface area contributed by atoms with Gasteiger partial charge >= 0.3 is 11.9 Å². The summed E-state index contributed by atoms with van der Waals surface area (Å²) in [7, 11) is 0. The minimum Gasteiger partial charge on any atom is -0.481 e. The number of amides is 2. The number of carbonyl (C=O) groups is 4. The summed E-state index contributed by atoms with van der Waals surface area (Å²) in [4.78, 5) is 48.8. The summed E-state index contributed by atoms with van der Waals surface area (Å²) < 4.78 is 0. The van der Waals surface area contributed by atoms with Crippen LogP contribution in [0.2, 0.25) is 0 Å². The van der Waals surface area contributed by atoms with Gasteiger partial charge in [-0.05, 0) is 18.6 Å². The maximum absolute atomic E-state index is 12.5. The number of anilines is 1. The van der Waals surface area contributed by atoms with Gasteiger partial charge in [-0.2, -0.15) is 0 Å². The highest BCUT2D eigenvalue weighted by Crippen LogP contribution is 2.68. The Morgan fingerprint density at radius 2 is 1.69 bits per heavy atom. The van der Waals surface area contributed by atoms with Crippen LogP contribution in [0.5, 0.6) is 0 Å². The lowest BCUT2D eigenvalue weighted by Crippen LogP contribution is -2.35. The molecule has 0 bridgehead atoms. The average molecular weight is 378 g/mol. The molecule has 8 nitrogen and oxygen atoms in total. The molecule has 1 aliphatic heterocycles. The first-order chi connectivity index (χ1) is 12.2. The number of hydrogen-bond acceptors (Lipinski definition) is 5. The summed E-state index contributed by atoms with van der Waals surface area (Å²) in [6.45, 7) is 1.22. The predicted molar refractivity (Wildman–Crippen MR) is 92.8 cm³/mol. The molecule has 138 valence electrons. The molecule has 26 heavy (non-hydrogen) atoms. The zero-order chi connectivity index (χ0) is 19.1. The van der Waals surface area contributed by atoms with Gasteiger partial charge in [0, 0.05) is 24.9 Å². The van der Waals surface area contributed by atoms with Crippen LogP contribution in [0.25, 0.3) is 0 Å². The second kappa shape index (κ2) is 6.31.